The number of carbonyl (C=O) groups is 2. The summed E-state index contributed by atoms with van der Waals surface area (Å²) in [6.07, 6.45) is 7.41. The van der Waals surface area contributed by atoms with Crippen LogP contribution >= 0.6 is 0 Å². The first-order valence-electron chi connectivity index (χ1n) is 9.36. The molecule has 3 fully saturated rings. The van der Waals surface area contributed by atoms with Crippen molar-refractivity contribution in [3.05, 3.63) is 0 Å². The maximum absolute atomic E-state index is 12.6. The molecule has 0 atom stereocenters. The Balaban J connectivity index is 1.54. The Morgan fingerprint density at radius 3 is 1.96 bits per heavy atom. The van der Waals surface area contributed by atoms with Crippen molar-refractivity contribution in [1.82, 2.24) is 14.7 Å². The zero-order chi connectivity index (χ0) is 16.9. The molecule has 7 heteroatoms. The Hall–Kier alpha value is -1.50. The van der Waals surface area contributed by atoms with Gasteiger partial charge in [0.05, 0.1) is 13.2 Å². The van der Waals surface area contributed by atoms with Gasteiger partial charge in [-0.15, -0.1) is 0 Å². The van der Waals surface area contributed by atoms with Crippen LogP contribution in [-0.4, -0.2) is 78.2 Å². The quantitative estimate of drug-likeness (QED) is 0.831. The fraction of sp³-hybridized carbons (Fsp3) is 0.882. The first kappa shape index (κ1) is 17.3. The number of nitrogens with zero attached hydrogens (tertiary/aromatic N) is 3. The topological polar surface area (TPSA) is 79.1 Å². The van der Waals surface area contributed by atoms with E-state index >= 15 is 0 Å². The van der Waals surface area contributed by atoms with E-state index in [1.807, 2.05) is 14.7 Å². The van der Waals surface area contributed by atoms with Crippen LogP contribution in [0.25, 0.3) is 0 Å². The fourth-order valence-corrected chi connectivity index (χ4v) is 4.31. The number of urea groups is 2. The number of hydrogen-bond donors (Lipinski definition) is 1. The van der Waals surface area contributed by atoms with Crippen LogP contribution in [-0.2, 0) is 4.74 Å². The van der Waals surface area contributed by atoms with Crippen LogP contribution in [0.1, 0.15) is 44.9 Å². The van der Waals surface area contributed by atoms with E-state index < -0.39 is 0 Å². The van der Waals surface area contributed by atoms with Gasteiger partial charge in [0, 0.05) is 38.3 Å². The van der Waals surface area contributed by atoms with Crippen LogP contribution in [0.3, 0.4) is 0 Å². The summed E-state index contributed by atoms with van der Waals surface area (Å²) in [4.78, 5) is 30.3. The summed E-state index contributed by atoms with van der Waals surface area (Å²) < 4.78 is 5.31. The highest BCUT2D eigenvalue weighted by Gasteiger charge is 2.34. The largest absolute Gasteiger partial charge is 0.378 e. The summed E-state index contributed by atoms with van der Waals surface area (Å²) in [5.41, 5.74) is 5.69. The zero-order valence-electron chi connectivity index (χ0n) is 14.5. The smallest absolute Gasteiger partial charge is 0.320 e. The summed E-state index contributed by atoms with van der Waals surface area (Å²) in [7, 11) is 0. The lowest BCUT2D eigenvalue weighted by Gasteiger charge is -2.43. The van der Waals surface area contributed by atoms with Gasteiger partial charge in [-0.1, -0.05) is 19.3 Å². The minimum Gasteiger partial charge on any atom is -0.378 e. The standard InChI is InChI=1S/C17H30N4O3/c18-16(22)21(14-4-2-1-3-5-14)15-6-8-19(9-7-15)17(23)20-10-12-24-13-11-20/h14-15H,1-13H2,(H2,18,22). The van der Waals surface area contributed by atoms with Crippen molar-refractivity contribution < 1.29 is 14.3 Å². The molecule has 0 radical (unpaired) electrons. The molecule has 3 aliphatic rings. The number of hydrogen-bond acceptors (Lipinski definition) is 3. The summed E-state index contributed by atoms with van der Waals surface area (Å²) in [6, 6.07) is 0.294. The van der Waals surface area contributed by atoms with Crippen molar-refractivity contribution in [2.75, 3.05) is 39.4 Å². The van der Waals surface area contributed by atoms with Crippen molar-refractivity contribution >= 4 is 12.1 Å². The number of carbonyl (C=O) groups excluding carboxylic acids is 2. The average molecular weight is 338 g/mol. The molecule has 24 heavy (non-hydrogen) atoms. The highest BCUT2D eigenvalue weighted by atomic mass is 16.5. The Morgan fingerprint density at radius 1 is 0.833 bits per heavy atom. The second kappa shape index (κ2) is 8.05. The maximum Gasteiger partial charge on any atom is 0.320 e. The van der Waals surface area contributed by atoms with Gasteiger partial charge in [0.15, 0.2) is 0 Å². The zero-order valence-corrected chi connectivity index (χ0v) is 14.5. The van der Waals surface area contributed by atoms with Gasteiger partial charge in [0.1, 0.15) is 0 Å². The molecule has 0 aromatic rings. The molecule has 0 spiro atoms. The Bertz CT molecular complexity index is 439. The van der Waals surface area contributed by atoms with E-state index in [0.717, 1.165) is 25.7 Å². The molecule has 0 aromatic heterocycles. The number of nitrogens with two attached hydrogens (primary N) is 1. The normalized spacial score (nSPS) is 24.0. The second-order valence-electron chi connectivity index (χ2n) is 7.14. The molecule has 3 rings (SSSR count). The lowest BCUT2D eigenvalue weighted by Crippen LogP contribution is -2.56. The highest BCUT2D eigenvalue weighted by Crippen LogP contribution is 2.28. The lowest BCUT2D eigenvalue weighted by molar-refractivity contribution is 0.0364. The number of amides is 4. The van der Waals surface area contributed by atoms with Crippen LogP contribution in [0.4, 0.5) is 9.59 Å². The molecule has 0 bridgehead atoms. The van der Waals surface area contributed by atoms with Crippen molar-refractivity contribution in [3.63, 3.8) is 0 Å². The lowest BCUT2D eigenvalue weighted by atomic mass is 9.91. The third kappa shape index (κ3) is 3.94. The van der Waals surface area contributed by atoms with E-state index in [4.69, 9.17) is 10.5 Å². The molecule has 2 aliphatic heterocycles. The molecule has 1 aliphatic carbocycles. The maximum atomic E-state index is 12.6. The Labute approximate surface area is 144 Å². The summed E-state index contributed by atoms with van der Waals surface area (Å²) in [5, 5.41) is 0. The molecule has 0 aromatic carbocycles. The summed E-state index contributed by atoms with van der Waals surface area (Å²) in [6.45, 7) is 4.01. The minimum atomic E-state index is -0.292. The number of ether oxygens (including phenoxy) is 1. The summed E-state index contributed by atoms with van der Waals surface area (Å²) in [5.74, 6) is 0. The molecule has 4 amide bonds. The third-order valence-electron chi connectivity index (χ3n) is 5.63. The van der Waals surface area contributed by atoms with Gasteiger partial charge in [-0.05, 0) is 25.7 Å². The van der Waals surface area contributed by atoms with Crippen molar-refractivity contribution in [2.45, 2.75) is 57.0 Å². The van der Waals surface area contributed by atoms with Crippen molar-refractivity contribution in [1.29, 1.82) is 0 Å². The molecule has 2 heterocycles. The van der Waals surface area contributed by atoms with Gasteiger partial charge < -0.3 is 25.2 Å². The fourth-order valence-electron chi connectivity index (χ4n) is 4.31. The monoisotopic (exact) mass is 338 g/mol. The van der Waals surface area contributed by atoms with Crippen LogP contribution in [0.15, 0.2) is 0 Å². The third-order valence-corrected chi connectivity index (χ3v) is 5.63. The van der Waals surface area contributed by atoms with Gasteiger partial charge in [0.25, 0.3) is 0 Å². The van der Waals surface area contributed by atoms with E-state index in [1.165, 1.54) is 19.3 Å². The first-order chi connectivity index (χ1) is 11.7. The SMILES string of the molecule is NC(=O)N(C1CCCCC1)C1CCN(C(=O)N2CCOCC2)CC1. The molecular weight excluding hydrogens is 308 g/mol. The number of morpholine rings is 1. The predicted molar refractivity (Wildman–Crippen MR) is 90.7 cm³/mol. The van der Waals surface area contributed by atoms with Gasteiger partial charge in [-0.3, -0.25) is 0 Å². The molecular formula is C17H30N4O3. The van der Waals surface area contributed by atoms with E-state index in [9.17, 15) is 9.59 Å². The molecule has 136 valence electrons. The van der Waals surface area contributed by atoms with Crippen LogP contribution in [0, 0.1) is 0 Å². The van der Waals surface area contributed by atoms with Gasteiger partial charge >= 0.3 is 12.1 Å². The summed E-state index contributed by atoms with van der Waals surface area (Å²) >= 11 is 0. The van der Waals surface area contributed by atoms with E-state index in [1.54, 1.807) is 0 Å². The van der Waals surface area contributed by atoms with Crippen molar-refractivity contribution in [2.24, 2.45) is 5.73 Å². The number of primary amides is 1. The average Bonchev–Trinajstić information content (AvgIpc) is 2.63. The molecule has 2 N–H and O–H groups in total. The molecule has 7 nitrogen and oxygen atoms in total. The van der Waals surface area contributed by atoms with Crippen LogP contribution < -0.4 is 5.73 Å². The van der Waals surface area contributed by atoms with E-state index in [-0.39, 0.29) is 18.1 Å². The molecule has 1 saturated carbocycles. The molecule has 0 unspecified atom stereocenters. The van der Waals surface area contributed by atoms with Crippen LogP contribution in [0.5, 0.6) is 0 Å². The van der Waals surface area contributed by atoms with Gasteiger partial charge in [0.2, 0.25) is 0 Å². The Morgan fingerprint density at radius 2 is 1.38 bits per heavy atom. The highest BCUT2D eigenvalue weighted by molar-refractivity contribution is 5.75. The number of likely N-dealkylation sites (tertiary alicyclic amines) is 1. The van der Waals surface area contributed by atoms with E-state index in [0.29, 0.717) is 45.4 Å². The number of rotatable bonds is 2. The second-order valence-corrected chi connectivity index (χ2v) is 7.14. The van der Waals surface area contributed by atoms with Crippen LogP contribution in [0.2, 0.25) is 0 Å². The van der Waals surface area contributed by atoms with E-state index in [2.05, 4.69) is 0 Å². The number of piperidine rings is 1. The predicted octanol–water partition coefficient (Wildman–Crippen LogP) is 1.62. The van der Waals surface area contributed by atoms with Gasteiger partial charge in [-0.25, -0.2) is 9.59 Å². The Kier molecular flexibility index (Phi) is 5.81. The first-order valence-corrected chi connectivity index (χ1v) is 9.36. The minimum absolute atomic E-state index is 0.111. The van der Waals surface area contributed by atoms with Crippen molar-refractivity contribution in [3.8, 4) is 0 Å². The van der Waals surface area contributed by atoms with Gasteiger partial charge in [-0.2, -0.15) is 0 Å². The molecule has 2 saturated heterocycles.